The Balaban J connectivity index is 1.71. The quantitative estimate of drug-likeness (QED) is 0.925. The molecule has 0 spiro atoms. The summed E-state index contributed by atoms with van der Waals surface area (Å²) < 4.78 is 5.80. The third kappa shape index (κ3) is 2.91. The van der Waals surface area contributed by atoms with Crippen LogP contribution in [0.1, 0.15) is 11.3 Å². The number of ether oxygens (including phenoxy) is 1. The molecular formula is C16H19N3O. The molecule has 4 nitrogen and oxygen atoms in total. The standard InChI is InChI=1S/C16H19N3O/c1-19(12-14-6-2-3-8-17-14)11-13-5-4-7-15-16(13)20-10-9-18-15/h2-8,18H,9-12H2,1H3. The molecule has 0 saturated heterocycles. The lowest BCUT2D eigenvalue weighted by atomic mass is 10.1. The summed E-state index contributed by atoms with van der Waals surface area (Å²) in [5.41, 5.74) is 3.40. The van der Waals surface area contributed by atoms with E-state index in [1.54, 1.807) is 0 Å². The van der Waals surface area contributed by atoms with Gasteiger partial charge in [-0.1, -0.05) is 18.2 Å². The predicted octanol–water partition coefficient (Wildman–Crippen LogP) is 2.52. The number of anilines is 1. The molecule has 2 aromatic rings. The molecule has 1 N–H and O–H groups in total. The summed E-state index contributed by atoms with van der Waals surface area (Å²) in [6, 6.07) is 12.3. The zero-order chi connectivity index (χ0) is 13.8. The van der Waals surface area contributed by atoms with Gasteiger partial charge in [0.2, 0.25) is 0 Å². The lowest BCUT2D eigenvalue weighted by Crippen LogP contribution is -2.22. The molecule has 0 atom stereocenters. The summed E-state index contributed by atoms with van der Waals surface area (Å²) in [4.78, 5) is 6.61. The molecule has 1 aromatic heterocycles. The Morgan fingerprint density at radius 1 is 1.20 bits per heavy atom. The van der Waals surface area contributed by atoms with E-state index >= 15 is 0 Å². The minimum absolute atomic E-state index is 0.730. The van der Waals surface area contributed by atoms with E-state index in [1.165, 1.54) is 5.56 Å². The van der Waals surface area contributed by atoms with Gasteiger partial charge in [-0.15, -0.1) is 0 Å². The van der Waals surface area contributed by atoms with Crippen LogP contribution in [0.5, 0.6) is 5.75 Å². The van der Waals surface area contributed by atoms with E-state index in [0.29, 0.717) is 0 Å². The second-order valence-corrected chi connectivity index (χ2v) is 5.06. The van der Waals surface area contributed by atoms with E-state index < -0.39 is 0 Å². The highest BCUT2D eigenvalue weighted by Crippen LogP contribution is 2.31. The fourth-order valence-corrected chi connectivity index (χ4v) is 2.47. The van der Waals surface area contributed by atoms with Gasteiger partial charge in [0.1, 0.15) is 12.4 Å². The van der Waals surface area contributed by atoms with Crippen LogP contribution in [0, 0.1) is 0 Å². The maximum atomic E-state index is 5.80. The Hall–Kier alpha value is -2.07. The van der Waals surface area contributed by atoms with Gasteiger partial charge in [-0.3, -0.25) is 9.88 Å². The maximum Gasteiger partial charge on any atom is 0.146 e. The highest BCUT2D eigenvalue weighted by atomic mass is 16.5. The van der Waals surface area contributed by atoms with Gasteiger partial charge >= 0.3 is 0 Å². The number of pyridine rings is 1. The summed E-state index contributed by atoms with van der Waals surface area (Å²) in [5.74, 6) is 0.992. The molecule has 2 heterocycles. The molecule has 0 radical (unpaired) electrons. The molecule has 0 aliphatic carbocycles. The second-order valence-electron chi connectivity index (χ2n) is 5.06. The molecule has 3 rings (SSSR count). The molecular weight excluding hydrogens is 250 g/mol. The van der Waals surface area contributed by atoms with Crippen molar-refractivity contribution in [2.75, 3.05) is 25.5 Å². The van der Waals surface area contributed by atoms with Gasteiger partial charge in [0.25, 0.3) is 0 Å². The van der Waals surface area contributed by atoms with Crippen LogP contribution in [0.25, 0.3) is 0 Å². The Morgan fingerprint density at radius 3 is 3.00 bits per heavy atom. The average Bonchev–Trinajstić information content (AvgIpc) is 2.48. The summed E-state index contributed by atoms with van der Waals surface area (Å²) in [7, 11) is 2.10. The van der Waals surface area contributed by atoms with Gasteiger partial charge in [0.05, 0.1) is 11.4 Å². The Labute approximate surface area is 119 Å². The summed E-state index contributed by atoms with van der Waals surface area (Å²) in [5, 5.41) is 3.37. The zero-order valence-corrected chi connectivity index (χ0v) is 11.7. The van der Waals surface area contributed by atoms with E-state index in [0.717, 1.165) is 43.4 Å². The smallest absolute Gasteiger partial charge is 0.146 e. The van der Waals surface area contributed by atoms with Crippen LogP contribution in [0.4, 0.5) is 5.69 Å². The number of nitrogens with one attached hydrogen (secondary N) is 1. The number of para-hydroxylation sites is 1. The number of fused-ring (bicyclic) bond motifs is 1. The van der Waals surface area contributed by atoms with Crippen molar-refractivity contribution >= 4 is 5.69 Å². The average molecular weight is 269 g/mol. The van der Waals surface area contributed by atoms with Crippen LogP contribution in [-0.2, 0) is 13.1 Å². The summed E-state index contributed by atoms with van der Waals surface area (Å²) >= 11 is 0. The maximum absolute atomic E-state index is 5.80. The fraction of sp³-hybridized carbons (Fsp3) is 0.312. The van der Waals surface area contributed by atoms with E-state index in [-0.39, 0.29) is 0 Å². The Morgan fingerprint density at radius 2 is 2.15 bits per heavy atom. The van der Waals surface area contributed by atoms with Gasteiger partial charge in [-0.05, 0) is 25.2 Å². The van der Waals surface area contributed by atoms with Gasteiger partial charge in [0.15, 0.2) is 0 Å². The Kier molecular flexibility index (Phi) is 3.83. The first kappa shape index (κ1) is 12.9. The van der Waals surface area contributed by atoms with Crippen LogP contribution in [0.15, 0.2) is 42.6 Å². The van der Waals surface area contributed by atoms with Crippen LogP contribution in [0.3, 0.4) is 0 Å². The zero-order valence-electron chi connectivity index (χ0n) is 11.7. The highest BCUT2D eigenvalue weighted by molar-refractivity contribution is 5.61. The predicted molar refractivity (Wildman–Crippen MR) is 79.8 cm³/mol. The lowest BCUT2D eigenvalue weighted by molar-refractivity contribution is 0.289. The largest absolute Gasteiger partial charge is 0.489 e. The van der Waals surface area contributed by atoms with E-state index in [9.17, 15) is 0 Å². The van der Waals surface area contributed by atoms with Crippen LogP contribution in [0.2, 0.25) is 0 Å². The van der Waals surface area contributed by atoms with Crippen molar-refractivity contribution in [3.05, 3.63) is 53.9 Å². The van der Waals surface area contributed by atoms with Crippen LogP contribution >= 0.6 is 0 Å². The minimum Gasteiger partial charge on any atom is -0.489 e. The van der Waals surface area contributed by atoms with Gasteiger partial charge in [-0.25, -0.2) is 0 Å². The topological polar surface area (TPSA) is 37.4 Å². The van der Waals surface area contributed by atoms with E-state index in [2.05, 4.69) is 46.5 Å². The molecule has 0 fully saturated rings. The van der Waals surface area contributed by atoms with E-state index in [4.69, 9.17) is 4.74 Å². The molecule has 0 saturated carbocycles. The molecule has 4 heteroatoms. The lowest BCUT2D eigenvalue weighted by Gasteiger charge is -2.24. The summed E-state index contributed by atoms with van der Waals surface area (Å²) in [6.45, 7) is 3.29. The number of aromatic nitrogens is 1. The molecule has 0 unspecified atom stereocenters. The number of nitrogens with zero attached hydrogens (tertiary/aromatic N) is 2. The molecule has 1 aliphatic rings. The van der Waals surface area contributed by atoms with Crippen molar-refractivity contribution in [2.45, 2.75) is 13.1 Å². The molecule has 20 heavy (non-hydrogen) atoms. The van der Waals surface area contributed by atoms with Crippen molar-refractivity contribution in [3.8, 4) is 5.75 Å². The van der Waals surface area contributed by atoms with Crippen molar-refractivity contribution in [1.29, 1.82) is 0 Å². The molecule has 0 amide bonds. The van der Waals surface area contributed by atoms with Gasteiger partial charge in [0, 0.05) is 31.4 Å². The summed E-state index contributed by atoms with van der Waals surface area (Å²) in [6.07, 6.45) is 1.83. The second kappa shape index (κ2) is 5.92. The van der Waals surface area contributed by atoms with Crippen molar-refractivity contribution < 1.29 is 4.74 Å². The molecule has 1 aromatic carbocycles. The number of rotatable bonds is 4. The first-order valence-electron chi connectivity index (χ1n) is 6.90. The van der Waals surface area contributed by atoms with Gasteiger partial charge in [-0.2, -0.15) is 0 Å². The van der Waals surface area contributed by atoms with Crippen LogP contribution in [-0.4, -0.2) is 30.1 Å². The highest BCUT2D eigenvalue weighted by Gasteiger charge is 2.15. The Bertz CT molecular complexity index is 571. The monoisotopic (exact) mass is 269 g/mol. The first-order valence-corrected chi connectivity index (χ1v) is 6.90. The third-order valence-electron chi connectivity index (χ3n) is 3.36. The minimum atomic E-state index is 0.730. The molecule has 0 bridgehead atoms. The van der Waals surface area contributed by atoms with E-state index in [1.807, 2.05) is 18.3 Å². The van der Waals surface area contributed by atoms with Crippen molar-refractivity contribution in [2.24, 2.45) is 0 Å². The SMILES string of the molecule is CN(Cc1ccccn1)Cc1cccc2c1OCCN2. The number of hydrogen-bond acceptors (Lipinski definition) is 4. The molecule has 104 valence electrons. The van der Waals surface area contributed by atoms with Crippen molar-refractivity contribution in [3.63, 3.8) is 0 Å². The normalized spacial score (nSPS) is 13.5. The molecule has 1 aliphatic heterocycles. The number of hydrogen-bond donors (Lipinski definition) is 1. The first-order chi connectivity index (χ1) is 9.83. The fourth-order valence-electron chi connectivity index (χ4n) is 2.47. The van der Waals surface area contributed by atoms with Crippen LogP contribution < -0.4 is 10.1 Å². The third-order valence-corrected chi connectivity index (χ3v) is 3.36. The van der Waals surface area contributed by atoms with Crippen molar-refractivity contribution in [1.82, 2.24) is 9.88 Å². The number of benzene rings is 1. The van der Waals surface area contributed by atoms with Gasteiger partial charge < -0.3 is 10.1 Å².